The van der Waals surface area contributed by atoms with Crippen molar-refractivity contribution in [2.45, 2.75) is 113 Å². The van der Waals surface area contributed by atoms with E-state index < -0.39 is 11.5 Å². The van der Waals surface area contributed by atoms with Crippen LogP contribution in [0.1, 0.15) is 88.5 Å². The zero-order chi connectivity index (χ0) is 26.2. The molecule has 34 heavy (non-hydrogen) atoms. The van der Waals surface area contributed by atoms with Gasteiger partial charge >= 0.3 is 5.97 Å². The van der Waals surface area contributed by atoms with Gasteiger partial charge in [0, 0.05) is 11.6 Å². The van der Waals surface area contributed by atoms with Crippen LogP contribution in [0.2, 0.25) is 0 Å². The molecule has 1 aliphatic heterocycles. The lowest BCUT2D eigenvalue weighted by molar-refractivity contribution is -0.138. The van der Waals surface area contributed by atoms with Gasteiger partial charge in [0.2, 0.25) is 11.8 Å². The molecule has 0 aromatic heterocycles. The van der Waals surface area contributed by atoms with Crippen molar-refractivity contribution in [2.75, 3.05) is 13.2 Å². The Kier molecular flexibility index (Phi) is 11.8. The predicted octanol–water partition coefficient (Wildman–Crippen LogP) is 4.07. The number of piperidine rings is 1. The number of rotatable bonds is 10. The van der Waals surface area contributed by atoms with Crippen LogP contribution in [0, 0.1) is 17.3 Å². The van der Waals surface area contributed by atoms with E-state index in [0.29, 0.717) is 24.1 Å². The summed E-state index contributed by atoms with van der Waals surface area (Å²) in [5, 5.41) is 6.15. The van der Waals surface area contributed by atoms with E-state index in [-0.39, 0.29) is 35.8 Å². The lowest BCUT2D eigenvalue weighted by Gasteiger charge is -2.42. The molecule has 0 radical (unpaired) electrons. The monoisotopic (exact) mass is 479 g/mol. The van der Waals surface area contributed by atoms with E-state index in [1.54, 1.807) is 19.9 Å². The van der Waals surface area contributed by atoms with Gasteiger partial charge in [-0.05, 0) is 57.4 Å². The number of ether oxygens (including phenoxy) is 1. The summed E-state index contributed by atoms with van der Waals surface area (Å²) in [7, 11) is 0. The van der Waals surface area contributed by atoms with Gasteiger partial charge in [0.1, 0.15) is 6.04 Å². The molecular formula is C27H49N3O4. The molecule has 1 fully saturated rings. The number of likely N-dealkylation sites (tertiary alicyclic amines) is 1. The highest BCUT2D eigenvalue weighted by atomic mass is 16.5. The van der Waals surface area contributed by atoms with Crippen LogP contribution < -0.4 is 10.6 Å². The maximum atomic E-state index is 13.4. The molecule has 1 saturated heterocycles. The second-order valence-electron chi connectivity index (χ2n) is 11.4. The lowest BCUT2D eigenvalue weighted by atomic mass is 9.85. The van der Waals surface area contributed by atoms with Gasteiger partial charge in [-0.25, -0.2) is 4.79 Å². The quantitative estimate of drug-likeness (QED) is 0.364. The van der Waals surface area contributed by atoms with Crippen LogP contribution in [0.3, 0.4) is 0 Å². The first kappa shape index (κ1) is 30.1. The molecule has 0 spiro atoms. The number of hydrogen-bond acceptors (Lipinski definition) is 5. The van der Waals surface area contributed by atoms with Gasteiger partial charge in [-0.15, -0.1) is 0 Å². The molecule has 0 bridgehead atoms. The van der Waals surface area contributed by atoms with Crippen LogP contribution in [0.25, 0.3) is 0 Å². The van der Waals surface area contributed by atoms with Gasteiger partial charge in [0.15, 0.2) is 0 Å². The SMILES string of the molecule is CCOC(=O)/C(C)=C/[C@@H](NC(=O)[C@@H](NC(=O)C1CCCCN1C(C)C(C)C)C(C)(C)C)C(C)C. The molecule has 0 aromatic carbocycles. The maximum absolute atomic E-state index is 13.4. The van der Waals surface area contributed by atoms with Crippen molar-refractivity contribution in [3.8, 4) is 0 Å². The Morgan fingerprint density at radius 1 is 1.03 bits per heavy atom. The van der Waals surface area contributed by atoms with Gasteiger partial charge in [0.25, 0.3) is 0 Å². The minimum Gasteiger partial charge on any atom is -0.463 e. The first-order valence-corrected chi connectivity index (χ1v) is 12.9. The zero-order valence-corrected chi connectivity index (χ0v) is 23.2. The van der Waals surface area contributed by atoms with Crippen LogP contribution in [-0.4, -0.2) is 60.0 Å². The van der Waals surface area contributed by atoms with Crippen LogP contribution in [0.5, 0.6) is 0 Å². The highest BCUT2D eigenvalue weighted by Crippen LogP contribution is 2.25. The minimum absolute atomic E-state index is 0.0605. The van der Waals surface area contributed by atoms with Gasteiger partial charge < -0.3 is 15.4 Å². The van der Waals surface area contributed by atoms with Crippen LogP contribution in [0.4, 0.5) is 0 Å². The van der Waals surface area contributed by atoms with E-state index >= 15 is 0 Å². The predicted molar refractivity (Wildman–Crippen MR) is 137 cm³/mol. The number of amides is 2. The molecule has 1 heterocycles. The molecule has 1 aliphatic rings. The fourth-order valence-electron chi connectivity index (χ4n) is 4.25. The van der Waals surface area contributed by atoms with E-state index in [2.05, 4.69) is 36.3 Å². The van der Waals surface area contributed by atoms with Crippen LogP contribution >= 0.6 is 0 Å². The molecular weight excluding hydrogens is 430 g/mol. The molecule has 4 atom stereocenters. The van der Waals surface area contributed by atoms with Crippen molar-refractivity contribution in [2.24, 2.45) is 17.3 Å². The van der Waals surface area contributed by atoms with E-state index in [9.17, 15) is 14.4 Å². The Hall–Kier alpha value is -1.89. The third kappa shape index (κ3) is 8.71. The largest absolute Gasteiger partial charge is 0.463 e. The Morgan fingerprint density at radius 3 is 2.15 bits per heavy atom. The van der Waals surface area contributed by atoms with Crippen molar-refractivity contribution in [3.63, 3.8) is 0 Å². The summed E-state index contributed by atoms with van der Waals surface area (Å²) in [5.74, 6) is -0.213. The van der Waals surface area contributed by atoms with E-state index in [1.165, 1.54) is 0 Å². The summed E-state index contributed by atoms with van der Waals surface area (Å²) in [5.41, 5.74) is -0.0256. The number of hydrogen-bond donors (Lipinski definition) is 2. The first-order valence-electron chi connectivity index (χ1n) is 12.9. The van der Waals surface area contributed by atoms with Gasteiger partial charge in [0.05, 0.1) is 18.7 Å². The topological polar surface area (TPSA) is 87.7 Å². The molecule has 0 saturated carbocycles. The third-order valence-electron chi connectivity index (χ3n) is 6.80. The molecule has 2 amide bonds. The summed E-state index contributed by atoms with van der Waals surface area (Å²) in [6.07, 6.45) is 4.65. The minimum atomic E-state index is -0.698. The van der Waals surface area contributed by atoms with E-state index in [1.807, 2.05) is 34.6 Å². The van der Waals surface area contributed by atoms with Crippen LogP contribution in [-0.2, 0) is 19.1 Å². The third-order valence-corrected chi connectivity index (χ3v) is 6.80. The van der Waals surface area contributed by atoms with Gasteiger partial charge in [-0.3, -0.25) is 14.5 Å². The van der Waals surface area contributed by atoms with Crippen molar-refractivity contribution >= 4 is 17.8 Å². The van der Waals surface area contributed by atoms with Crippen LogP contribution in [0.15, 0.2) is 11.6 Å². The lowest BCUT2D eigenvalue weighted by Crippen LogP contribution is -2.61. The fourth-order valence-corrected chi connectivity index (χ4v) is 4.25. The number of carbonyl (C=O) groups excluding carboxylic acids is 3. The molecule has 7 heteroatoms. The molecule has 1 rings (SSSR count). The summed E-state index contributed by atoms with van der Waals surface area (Å²) < 4.78 is 5.08. The van der Waals surface area contributed by atoms with Crippen molar-refractivity contribution in [1.29, 1.82) is 0 Å². The average Bonchev–Trinajstić information content (AvgIpc) is 2.75. The number of carbonyl (C=O) groups is 3. The van der Waals surface area contributed by atoms with Crippen molar-refractivity contribution in [1.82, 2.24) is 15.5 Å². The smallest absolute Gasteiger partial charge is 0.333 e. The zero-order valence-electron chi connectivity index (χ0n) is 23.2. The first-order chi connectivity index (χ1) is 15.7. The second-order valence-corrected chi connectivity index (χ2v) is 11.4. The second kappa shape index (κ2) is 13.3. The molecule has 0 aliphatic carbocycles. The normalized spacial score (nSPS) is 20.6. The summed E-state index contributed by atoms with van der Waals surface area (Å²) >= 11 is 0. The van der Waals surface area contributed by atoms with Gasteiger partial charge in [-0.2, -0.15) is 0 Å². The van der Waals surface area contributed by atoms with Crippen molar-refractivity contribution < 1.29 is 19.1 Å². The average molecular weight is 480 g/mol. The van der Waals surface area contributed by atoms with Gasteiger partial charge in [-0.1, -0.05) is 61.0 Å². The van der Waals surface area contributed by atoms with Crippen molar-refractivity contribution in [3.05, 3.63) is 11.6 Å². The fraction of sp³-hybridized carbons (Fsp3) is 0.815. The molecule has 7 nitrogen and oxygen atoms in total. The number of nitrogens with zero attached hydrogens (tertiary/aromatic N) is 1. The Balaban J connectivity index is 3.07. The molecule has 196 valence electrons. The standard InChI is InChI=1S/C27H49N3O4/c1-11-34-26(33)19(6)16-21(18(4)5)28-25(32)23(27(8,9)10)29-24(31)22-14-12-13-15-30(22)20(7)17(2)3/h16-18,20-23H,11-15H2,1-10H3,(H,28,32)(H,29,31)/b19-16+/t20?,21-,22?,23-/m1/s1. The summed E-state index contributed by atoms with van der Waals surface area (Å²) in [6, 6.07) is -0.989. The highest BCUT2D eigenvalue weighted by Gasteiger charge is 2.38. The molecule has 2 N–H and O–H groups in total. The molecule has 0 aromatic rings. The highest BCUT2D eigenvalue weighted by molar-refractivity contribution is 5.91. The van der Waals surface area contributed by atoms with E-state index in [4.69, 9.17) is 4.74 Å². The Morgan fingerprint density at radius 2 is 1.65 bits per heavy atom. The number of nitrogens with one attached hydrogen (secondary N) is 2. The Bertz CT molecular complexity index is 724. The summed E-state index contributed by atoms with van der Waals surface area (Å²) in [4.78, 5) is 41.3. The molecule has 2 unspecified atom stereocenters. The number of esters is 1. The Labute approximate surface area is 207 Å². The summed E-state index contributed by atoms with van der Waals surface area (Å²) in [6.45, 7) is 21.0. The van der Waals surface area contributed by atoms with E-state index in [0.717, 1.165) is 25.8 Å². The maximum Gasteiger partial charge on any atom is 0.333 e.